The Bertz CT molecular complexity index is 449. The Morgan fingerprint density at radius 2 is 1.89 bits per heavy atom. The van der Waals surface area contributed by atoms with Crippen molar-refractivity contribution in [3.8, 4) is 0 Å². The summed E-state index contributed by atoms with van der Waals surface area (Å²) in [5.74, 6) is -0.0237. The first kappa shape index (κ1) is 13.6. The minimum Gasteiger partial charge on any atom is -0.478 e. The molecule has 1 aliphatic heterocycles. The van der Waals surface area contributed by atoms with Crippen LogP contribution in [0.1, 0.15) is 37.7 Å². The van der Waals surface area contributed by atoms with Crippen LogP contribution >= 0.6 is 0 Å². The second kappa shape index (κ2) is 6.92. The number of aliphatic carboxylic acids is 1. The second-order valence-corrected chi connectivity index (χ2v) is 4.84. The summed E-state index contributed by atoms with van der Waals surface area (Å²) in [6.45, 7) is 2.01. The highest BCUT2D eigenvalue weighted by Gasteiger charge is 2.12. The van der Waals surface area contributed by atoms with E-state index in [0.717, 1.165) is 24.5 Å². The van der Waals surface area contributed by atoms with Crippen LogP contribution in [0, 0.1) is 0 Å². The third kappa shape index (κ3) is 4.09. The zero-order valence-electron chi connectivity index (χ0n) is 11.1. The summed E-state index contributed by atoms with van der Waals surface area (Å²) in [5.41, 5.74) is 0.880. The molecule has 0 aromatic carbocycles. The molecule has 0 radical (unpaired) electrons. The molecule has 0 amide bonds. The van der Waals surface area contributed by atoms with Gasteiger partial charge < -0.3 is 10.0 Å². The number of rotatable bonds is 3. The maximum Gasteiger partial charge on any atom is 0.328 e. The highest BCUT2D eigenvalue weighted by molar-refractivity contribution is 5.86. The van der Waals surface area contributed by atoms with Gasteiger partial charge in [-0.3, -0.25) is 0 Å². The number of nitrogens with zero attached hydrogens (tertiary/aromatic N) is 2. The van der Waals surface area contributed by atoms with Crippen molar-refractivity contribution in [1.29, 1.82) is 0 Å². The molecular weight excluding hydrogens is 240 g/mol. The molecule has 102 valence electrons. The number of anilines is 1. The van der Waals surface area contributed by atoms with Gasteiger partial charge in [-0.25, -0.2) is 9.78 Å². The standard InChI is InChI=1S/C15H20N2O2/c18-14(19)9-8-13-7-6-10-16-15(13)17-11-4-2-1-3-5-12-17/h6-10H,1-5,11-12H2,(H,18,19)/b9-8+. The van der Waals surface area contributed by atoms with Gasteiger partial charge >= 0.3 is 5.97 Å². The topological polar surface area (TPSA) is 53.4 Å². The lowest BCUT2D eigenvalue weighted by Gasteiger charge is -2.27. The smallest absolute Gasteiger partial charge is 0.328 e. The summed E-state index contributed by atoms with van der Waals surface area (Å²) in [6.07, 6.45) is 10.8. The van der Waals surface area contributed by atoms with Crippen LogP contribution in [-0.4, -0.2) is 29.1 Å². The van der Waals surface area contributed by atoms with Crippen molar-refractivity contribution in [3.63, 3.8) is 0 Å². The molecule has 0 bridgehead atoms. The highest BCUT2D eigenvalue weighted by atomic mass is 16.4. The molecule has 1 N–H and O–H groups in total. The molecule has 19 heavy (non-hydrogen) atoms. The normalized spacial score (nSPS) is 17.2. The first-order valence-corrected chi connectivity index (χ1v) is 6.88. The Morgan fingerprint density at radius 3 is 2.58 bits per heavy atom. The van der Waals surface area contributed by atoms with Crippen LogP contribution in [0.3, 0.4) is 0 Å². The number of carbonyl (C=O) groups is 1. The Balaban J connectivity index is 2.19. The summed E-state index contributed by atoms with van der Waals surface area (Å²) in [4.78, 5) is 17.4. The van der Waals surface area contributed by atoms with E-state index in [2.05, 4.69) is 9.88 Å². The van der Waals surface area contributed by atoms with E-state index in [1.54, 1.807) is 12.3 Å². The number of carboxylic acid groups (broad SMARTS) is 1. The lowest BCUT2D eigenvalue weighted by Crippen LogP contribution is -2.28. The predicted molar refractivity (Wildman–Crippen MR) is 76.2 cm³/mol. The maximum absolute atomic E-state index is 10.6. The molecule has 2 heterocycles. The summed E-state index contributed by atoms with van der Waals surface area (Å²) < 4.78 is 0. The Kier molecular flexibility index (Phi) is 4.95. The minimum absolute atomic E-state index is 0.880. The van der Waals surface area contributed by atoms with E-state index in [4.69, 9.17) is 5.11 Å². The van der Waals surface area contributed by atoms with Gasteiger partial charge in [0.2, 0.25) is 0 Å². The predicted octanol–water partition coefficient (Wildman–Crippen LogP) is 2.95. The van der Waals surface area contributed by atoms with Gasteiger partial charge in [-0.15, -0.1) is 0 Å². The fourth-order valence-corrected chi connectivity index (χ4v) is 2.42. The molecule has 0 atom stereocenters. The van der Waals surface area contributed by atoms with Crippen molar-refractivity contribution in [2.24, 2.45) is 0 Å². The van der Waals surface area contributed by atoms with Crippen molar-refractivity contribution < 1.29 is 9.90 Å². The van der Waals surface area contributed by atoms with E-state index in [1.807, 2.05) is 12.1 Å². The summed E-state index contributed by atoms with van der Waals surface area (Å²) in [6, 6.07) is 3.76. The number of carboxylic acids is 1. The van der Waals surface area contributed by atoms with E-state index in [9.17, 15) is 4.79 Å². The number of hydrogen-bond acceptors (Lipinski definition) is 3. The fraction of sp³-hybridized carbons (Fsp3) is 0.467. The summed E-state index contributed by atoms with van der Waals surface area (Å²) in [5, 5.41) is 8.74. The Labute approximate surface area is 113 Å². The molecular formula is C15H20N2O2. The van der Waals surface area contributed by atoms with Gasteiger partial charge in [0.1, 0.15) is 5.82 Å². The van der Waals surface area contributed by atoms with Gasteiger partial charge in [0, 0.05) is 30.9 Å². The second-order valence-electron chi connectivity index (χ2n) is 4.84. The molecule has 0 unspecified atom stereocenters. The van der Waals surface area contributed by atoms with Crippen molar-refractivity contribution in [1.82, 2.24) is 4.98 Å². The van der Waals surface area contributed by atoms with E-state index in [1.165, 1.54) is 38.2 Å². The molecule has 0 aliphatic carbocycles. The lowest BCUT2D eigenvalue weighted by atomic mass is 10.1. The highest BCUT2D eigenvalue weighted by Crippen LogP contribution is 2.22. The van der Waals surface area contributed by atoms with Crippen LogP contribution < -0.4 is 4.90 Å². The van der Waals surface area contributed by atoms with Crippen LogP contribution in [0.15, 0.2) is 24.4 Å². The first-order chi connectivity index (χ1) is 9.27. The molecule has 1 aromatic rings. The van der Waals surface area contributed by atoms with Crippen molar-refractivity contribution >= 4 is 17.9 Å². The monoisotopic (exact) mass is 260 g/mol. The van der Waals surface area contributed by atoms with Gasteiger partial charge in [0.05, 0.1) is 0 Å². The molecule has 1 aromatic heterocycles. The van der Waals surface area contributed by atoms with Gasteiger partial charge in [-0.05, 0) is 31.1 Å². The number of hydrogen-bond donors (Lipinski definition) is 1. The average molecular weight is 260 g/mol. The van der Waals surface area contributed by atoms with Crippen LogP contribution in [0.5, 0.6) is 0 Å². The van der Waals surface area contributed by atoms with E-state index < -0.39 is 5.97 Å². The van der Waals surface area contributed by atoms with E-state index in [0.29, 0.717) is 0 Å². The third-order valence-electron chi connectivity index (χ3n) is 3.38. The molecule has 1 fully saturated rings. The average Bonchev–Trinajstić information content (AvgIpc) is 2.36. The van der Waals surface area contributed by atoms with Gasteiger partial charge in [0.15, 0.2) is 0 Å². The fourth-order valence-electron chi connectivity index (χ4n) is 2.42. The molecule has 1 saturated heterocycles. The van der Waals surface area contributed by atoms with Crippen molar-refractivity contribution in [2.45, 2.75) is 32.1 Å². The van der Waals surface area contributed by atoms with E-state index in [-0.39, 0.29) is 0 Å². The lowest BCUT2D eigenvalue weighted by molar-refractivity contribution is -0.131. The number of pyridine rings is 1. The quantitative estimate of drug-likeness (QED) is 0.849. The van der Waals surface area contributed by atoms with Crippen molar-refractivity contribution in [2.75, 3.05) is 18.0 Å². The van der Waals surface area contributed by atoms with Crippen molar-refractivity contribution in [3.05, 3.63) is 30.0 Å². The van der Waals surface area contributed by atoms with E-state index >= 15 is 0 Å². The Morgan fingerprint density at radius 1 is 1.21 bits per heavy atom. The van der Waals surface area contributed by atoms with Crippen LogP contribution in [-0.2, 0) is 4.79 Å². The molecule has 2 rings (SSSR count). The van der Waals surface area contributed by atoms with Crippen LogP contribution in [0.2, 0.25) is 0 Å². The first-order valence-electron chi connectivity index (χ1n) is 6.88. The van der Waals surface area contributed by atoms with Gasteiger partial charge in [-0.2, -0.15) is 0 Å². The largest absolute Gasteiger partial charge is 0.478 e. The number of aromatic nitrogens is 1. The van der Waals surface area contributed by atoms with Gasteiger partial charge in [-0.1, -0.05) is 19.3 Å². The Hall–Kier alpha value is -1.84. The van der Waals surface area contributed by atoms with Gasteiger partial charge in [0.25, 0.3) is 0 Å². The molecule has 0 spiro atoms. The minimum atomic E-state index is -0.928. The molecule has 4 nitrogen and oxygen atoms in total. The summed E-state index contributed by atoms with van der Waals surface area (Å²) >= 11 is 0. The van der Waals surface area contributed by atoms with Crippen LogP contribution in [0.25, 0.3) is 6.08 Å². The van der Waals surface area contributed by atoms with Crippen LogP contribution in [0.4, 0.5) is 5.82 Å². The maximum atomic E-state index is 10.6. The molecule has 0 saturated carbocycles. The summed E-state index contributed by atoms with van der Waals surface area (Å²) in [7, 11) is 0. The molecule has 1 aliphatic rings. The third-order valence-corrected chi connectivity index (χ3v) is 3.38. The zero-order valence-corrected chi connectivity index (χ0v) is 11.1. The SMILES string of the molecule is O=C(O)/C=C/c1cccnc1N1CCCCCCC1. The molecule has 4 heteroatoms. The zero-order chi connectivity index (χ0) is 13.5.